The van der Waals surface area contributed by atoms with Gasteiger partial charge in [-0.25, -0.2) is 10.1 Å². The Hall–Kier alpha value is -3.70. The second kappa shape index (κ2) is 9.62. The third-order valence-corrected chi connectivity index (χ3v) is 5.60. The van der Waals surface area contributed by atoms with E-state index in [9.17, 15) is 4.79 Å². The Balaban J connectivity index is 1.56. The number of amides is 1. The van der Waals surface area contributed by atoms with Gasteiger partial charge in [0.25, 0.3) is 5.91 Å². The van der Waals surface area contributed by atoms with Crippen LogP contribution in [0.3, 0.4) is 0 Å². The van der Waals surface area contributed by atoms with Gasteiger partial charge in [-0.1, -0.05) is 46.6 Å². The molecule has 0 spiro atoms. The third-order valence-electron chi connectivity index (χ3n) is 4.32. The van der Waals surface area contributed by atoms with Gasteiger partial charge < -0.3 is 5.73 Å². The molecule has 2 aromatic carbocycles. The number of halogens is 1. The number of hydrogen-bond donors (Lipinski definition) is 2. The van der Waals surface area contributed by atoms with Crippen LogP contribution in [0.5, 0.6) is 0 Å². The fraction of sp³-hybridized carbons (Fsp3) is 0.100. The lowest BCUT2D eigenvalue weighted by atomic mass is 10.2. The first-order valence-corrected chi connectivity index (χ1v) is 10.7. The number of carbonyl (C=O) groups is 1. The van der Waals surface area contributed by atoms with E-state index < -0.39 is 5.91 Å². The quantitative estimate of drug-likeness (QED) is 0.239. The highest BCUT2D eigenvalue weighted by Crippen LogP contribution is 2.27. The van der Waals surface area contributed by atoms with Gasteiger partial charge in [0.15, 0.2) is 5.69 Å². The van der Waals surface area contributed by atoms with Crippen molar-refractivity contribution < 1.29 is 9.42 Å². The van der Waals surface area contributed by atoms with Crippen molar-refractivity contribution in [3.63, 3.8) is 0 Å². The minimum atomic E-state index is -0.527. The number of thioether (sulfide) groups is 1. The molecule has 162 valence electrons. The highest BCUT2D eigenvalue weighted by molar-refractivity contribution is 7.98. The molecule has 0 aliphatic rings. The van der Waals surface area contributed by atoms with Gasteiger partial charge in [-0.3, -0.25) is 4.79 Å². The summed E-state index contributed by atoms with van der Waals surface area (Å²) in [6.45, 7) is 1.99. The Bertz CT molecular complexity index is 1250. The first kappa shape index (κ1) is 21.5. The summed E-state index contributed by atoms with van der Waals surface area (Å²) in [5, 5.41) is 20.0. The molecular formula is C20H17ClN8O2S. The van der Waals surface area contributed by atoms with Gasteiger partial charge >= 0.3 is 0 Å². The molecule has 1 amide bonds. The SMILES string of the molecule is Cc1ccc(C=NNC(=O)c2nnn(-c3nonc3N)c2CSc2ccc(Cl)cc2)cc1. The van der Waals surface area contributed by atoms with E-state index in [1.807, 2.05) is 43.3 Å². The lowest BCUT2D eigenvalue weighted by molar-refractivity contribution is 0.0949. The molecule has 3 N–H and O–H groups in total. The number of aromatic nitrogens is 5. The molecule has 0 unspecified atom stereocenters. The van der Waals surface area contributed by atoms with Gasteiger partial charge in [0.05, 0.1) is 11.9 Å². The summed E-state index contributed by atoms with van der Waals surface area (Å²) in [5.74, 6) is -0.0181. The number of nitrogen functional groups attached to an aromatic ring is 1. The predicted molar refractivity (Wildman–Crippen MR) is 121 cm³/mol. The zero-order chi connectivity index (χ0) is 22.5. The average molecular weight is 469 g/mol. The van der Waals surface area contributed by atoms with Crippen LogP contribution in [0.15, 0.2) is 63.2 Å². The van der Waals surface area contributed by atoms with E-state index in [-0.39, 0.29) is 17.3 Å². The van der Waals surface area contributed by atoms with Crippen molar-refractivity contribution in [2.45, 2.75) is 17.6 Å². The minimum Gasteiger partial charge on any atom is -0.378 e. The van der Waals surface area contributed by atoms with Crippen LogP contribution in [0.25, 0.3) is 5.82 Å². The normalized spacial score (nSPS) is 11.2. The molecule has 4 aromatic rings. The van der Waals surface area contributed by atoms with E-state index in [4.69, 9.17) is 17.3 Å². The second-order valence-electron chi connectivity index (χ2n) is 6.62. The first-order chi connectivity index (χ1) is 15.5. The number of nitrogens with two attached hydrogens (primary N) is 1. The lowest BCUT2D eigenvalue weighted by Gasteiger charge is -2.06. The van der Waals surface area contributed by atoms with Gasteiger partial charge in [0.2, 0.25) is 11.6 Å². The molecule has 0 aliphatic carbocycles. The Morgan fingerprint density at radius 1 is 1.22 bits per heavy atom. The van der Waals surface area contributed by atoms with Crippen LogP contribution >= 0.6 is 23.4 Å². The molecule has 10 nitrogen and oxygen atoms in total. The number of nitrogens with zero attached hydrogens (tertiary/aromatic N) is 6. The molecule has 4 rings (SSSR count). The Morgan fingerprint density at radius 2 is 1.97 bits per heavy atom. The number of aryl methyl sites for hydroxylation is 1. The van der Waals surface area contributed by atoms with Crippen molar-refractivity contribution in [1.82, 2.24) is 30.7 Å². The molecule has 12 heteroatoms. The van der Waals surface area contributed by atoms with Crippen LogP contribution in [0, 0.1) is 6.92 Å². The Morgan fingerprint density at radius 3 is 2.66 bits per heavy atom. The number of hydrogen-bond acceptors (Lipinski definition) is 9. The van der Waals surface area contributed by atoms with E-state index in [2.05, 4.69) is 35.8 Å². The molecule has 0 aliphatic heterocycles. The van der Waals surface area contributed by atoms with Crippen LogP contribution in [-0.2, 0) is 5.75 Å². The standard InChI is InChI=1S/C20H17ClN8O2S/c1-12-2-4-13(5-3-12)10-23-25-20(30)17-16(11-32-15-8-6-14(21)7-9-15)29(28-24-17)19-18(22)26-31-27-19/h2-10H,11H2,1H3,(H2,22,26)(H,25,30). The summed E-state index contributed by atoms with van der Waals surface area (Å²) < 4.78 is 5.99. The van der Waals surface area contributed by atoms with E-state index in [0.29, 0.717) is 16.5 Å². The molecule has 2 heterocycles. The van der Waals surface area contributed by atoms with Crippen LogP contribution in [-0.4, -0.2) is 37.4 Å². The van der Waals surface area contributed by atoms with Crippen LogP contribution in [0.1, 0.15) is 27.3 Å². The van der Waals surface area contributed by atoms with Crippen molar-refractivity contribution in [1.29, 1.82) is 0 Å². The number of carbonyl (C=O) groups excluding carboxylic acids is 1. The molecule has 0 radical (unpaired) electrons. The molecule has 0 saturated heterocycles. The van der Waals surface area contributed by atoms with Crippen LogP contribution in [0.2, 0.25) is 5.02 Å². The zero-order valence-corrected chi connectivity index (χ0v) is 18.3. The maximum Gasteiger partial charge on any atom is 0.293 e. The smallest absolute Gasteiger partial charge is 0.293 e. The summed E-state index contributed by atoms with van der Waals surface area (Å²) >= 11 is 7.41. The van der Waals surface area contributed by atoms with E-state index >= 15 is 0 Å². The minimum absolute atomic E-state index is 0.0250. The molecule has 2 aromatic heterocycles. The van der Waals surface area contributed by atoms with Gasteiger partial charge in [-0.05, 0) is 47.1 Å². The number of rotatable bonds is 7. The first-order valence-electron chi connectivity index (χ1n) is 9.32. The maximum absolute atomic E-state index is 12.8. The lowest BCUT2D eigenvalue weighted by Crippen LogP contribution is -2.20. The monoisotopic (exact) mass is 468 g/mol. The maximum atomic E-state index is 12.8. The topological polar surface area (TPSA) is 137 Å². The number of benzene rings is 2. The Labute approximate surface area is 191 Å². The van der Waals surface area contributed by atoms with E-state index in [1.54, 1.807) is 18.3 Å². The predicted octanol–water partition coefficient (Wildman–Crippen LogP) is 3.25. The number of hydrazone groups is 1. The summed E-state index contributed by atoms with van der Waals surface area (Å²) in [6, 6.07) is 15.0. The molecule has 0 fully saturated rings. The highest BCUT2D eigenvalue weighted by Gasteiger charge is 2.24. The second-order valence-corrected chi connectivity index (χ2v) is 8.11. The molecular weight excluding hydrogens is 452 g/mol. The van der Waals surface area contributed by atoms with Gasteiger partial charge in [-0.15, -0.1) is 16.9 Å². The van der Waals surface area contributed by atoms with Gasteiger partial charge in [0.1, 0.15) is 0 Å². The van der Waals surface area contributed by atoms with Crippen molar-refractivity contribution in [3.8, 4) is 5.82 Å². The van der Waals surface area contributed by atoms with Crippen molar-refractivity contribution >= 4 is 41.3 Å². The largest absolute Gasteiger partial charge is 0.378 e. The van der Waals surface area contributed by atoms with E-state index in [1.165, 1.54) is 16.4 Å². The third kappa shape index (κ3) is 4.95. The molecule has 0 atom stereocenters. The zero-order valence-electron chi connectivity index (χ0n) is 16.8. The summed E-state index contributed by atoms with van der Waals surface area (Å²) in [7, 11) is 0. The fourth-order valence-electron chi connectivity index (χ4n) is 2.67. The van der Waals surface area contributed by atoms with Gasteiger partial charge in [0, 0.05) is 15.7 Å². The highest BCUT2D eigenvalue weighted by atomic mass is 35.5. The average Bonchev–Trinajstić information content (AvgIpc) is 3.40. The summed E-state index contributed by atoms with van der Waals surface area (Å²) in [6.07, 6.45) is 1.55. The van der Waals surface area contributed by atoms with Crippen LogP contribution in [0.4, 0.5) is 5.82 Å². The van der Waals surface area contributed by atoms with Gasteiger partial charge in [-0.2, -0.15) is 9.78 Å². The fourth-order valence-corrected chi connectivity index (χ4v) is 3.69. The number of nitrogens with one attached hydrogen (secondary N) is 1. The van der Waals surface area contributed by atoms with Crippen LogP contribution < -0.4 is 11.2 Å². The van der Waals surface area contributed by atoms with E-state index in [0.717, 1.165) is 16.0 Å². The summed E-state index contributed by atoms with van der Waals surface area (Å²) in [4.78, 5) is 13.7. The van der Waals surface area contributed by atoms with Crippen molar-refractivity contribution in [2.24, 2.45) is 5.10 Å². The molecule has 0 bridgehead atoms. The molecule has 32 heavy (non-hydrogen) atoms. The van der Waals surface area contributed by atoms with Crippen molar-refractivity contribution in [2.75, 3.05) is 5.73 Å². The number of anilines is 1. The molecule has 0 saturated carbocycles. The summed E-state index contributed by atoms with van der Waals surface area (Å²) in [5.41, 5.74) is 10.8. The Kier molecular flexibility index (Phi) is 6.47. The van der Waals surface area contributed by atoms with Crippen molar-refractivity contribution in [3.05, 3.63) is 76.1 Å².